The molecule has 2 aromatic rings. The molecule has 0 bridgehead atoms. The molecular formula is C20H22F4N2O3S. The summed E-state index contributed by atoms with van der Waals surface area (Å²) >= 11 is 0. The molecule has 0 radical (unpaired) electrons. The van der Waals surface area contributed by atoms with E-state index in [0.717, 1.165) is 12.0 Å². The summed E-state index contributed by atoms with van der Waals surface area (Å²) in [5.74, 6) is -0.657. The van der Waals surface area contributed by atoms with Gasteiger partial charge in [-0.3, -0.25) is 4.72 Å². The van der Waals surface area contributed by atoms with Crippen molar-refractivity contribution in [2.75, 3.05) is 25.9 Å². The lowest BCUT2D eigenvalue weighted by Gasteiger charge is -2.32. The molecule has 164 valence electrons. The van der Waals surface area contributed by atoms with E-state index in [9.17, 15) is 26.0 Å². The molecule has 1 N–H and O–H groups in total. The lowest BCUT2D eigenvalue weighted by Crippen LogP contribution is -2.34. The molecule has 2 aromatic carbocycles. The van der Waals surface area contributed by atoms with Crippen molar-refractivity contribution in [1.82, 2.24) is 4.90 Å². The van der Waals surface area contributed by atoms with Crippen LogP contribution in [-0.4, -0.2) is 40.6 Å². The zero-order valence-electron chi connectivity index (χ0n) is 16.7. The van der Waals surface area contributed by atoms with Gasteiger partial charge in [0.15, 0.2) is 0 Å². The number of sulfonamides is 1. The second kappa shape index (κ2) is 8.07. The summed E-state index contributed by atoms with van der Waals surface area (Å²) in [6.07, 6.45) is -2.87. The van der Waals surface area contributed by atoms with E-state index >= 15 is 0 Å². The number of nitrogens with zero attached hydrogens (tertiary/aromatic N) is 1. The largest absolute Gasteiger partial charge is 0.496 e. The van der Waals surface area contributed by atoms with Gasteiger partial charge in [0.1, 0.15) is 16.5 Å². The third-order valence-electron chi connectivity index (χ3n) is 5.30. The standard InChI is InChI=1S/C20H22F4N2O3S/c1-26(2)13-5-6-14-15(11-13)18(29-3)9-8-17(14)25-30(27,28)19-10-12(20(22,23)24)4-7-16(19)21/h4,7-10,13,25H,5-6,11H2,1-3H3/t13-/m0/s1. The number of hydrogen-bond acceptors (Lipinski definition) is 4. The molecule has 30 heavy (non-hydrogen) atoms. The van der Waals surface area contributed by atoms with Crippen LogP contribution in [0.25, 0.3) is 0 Å². The van der Waals surface area contributed by atoms with Gasteiger partial charge >= 0.3 is 6.18 Å². The number of fused-ring (bicyclic) bond motifs is 1. The van der Waals surface area contributed by atoms with E-state index in [1.807, 2.05) is 14.1 Å². The number of rotatable bonds is 5. The summed E-state index contributed by atoms with van der Waals surface area (Å²) in [6, 6.07) is 4.62. The Morgan fingerprint density at radius 2 is 1.83 bits per heavy atom. The van der Waals surface area contributed by atoms with Crippen LogP contribution in [0.15, 0.2) is 35.2 Å². The SMILES string of the molecule is COc1ccc(NS(=O)(=O)c2cc(C(F)(F)F)ccc2F)c2c1C[C@@H](N(C)C)CC2. The van der Waals surface area contributed by atoms with Gasteiger partial charge in [0.25, 0.3) is 10.0 Å². The van der Waals surface area contributed by atoms with Crippen LogP contribution < -0.4 is 9.46 Å². The van der Waals surface area contributed by atoms with E-state index in [2.05, 4.69) is 9.62 Å². The van der Waals surface area contributed by atoms with Gasteiger partial charge in [-0.25, -0.2) is 12.8 Å². The Labute approximate surface area is 172 Å². The number of halogens is 4. The molecule has 1 aliphatic carbocycles. The van der Waals surface area contributed by atoms with Gasteiger partial charge < -0.3 is 9.64 Å². The van der Waals surface area contributed by atoms with E-state index in [4.69, 9.17) is 4.74 Å². The summed E-state index contributed by atoms with van der Waals surface area (Å²) in [5, 5.41) is 0. The van der Waals surface area contributed by atoms with Gasteiger partial charge in [0, 0.05) is 11.6 Å². The number of anilines is 1. The first-order valence-corrected chi connectivity index (χ1v) is 10.7. The normalized spacial score (nSPS) is 17.0. The molecule has 0 aromatic heterocycles. The number of nitrogens with one attached hydrogen (secondary N) is 1. The predicted molar refractivity (Wildman–Crippen MR) is 105 cm³/mol. The fourth-order valence-corrected chi connectivity index (χ4v) is 4.84. The third-order valence-corrected chi connectivity index (χ3v) is 6.68. The van der Waals surface area contributed by atoms with Crippen LogP contribution in [-0.2, 0) is 29.0 Å². The average molecular weight is 446 g/mol. The Morgan fingerprint density at radius 1 is 1.13 bits per heavy atom. The summed E-state index contributed by atoms with van der Waals surface area (Å²) in [7, 11) is 0.824. The second-order valence-electron chi connectivity index (χ2n) is 7.38. The van der Waals surface area contributed by atoms with Crippen LogP contribution in [0.4, 0.5) is 23.2 Å². The maximum atomic E-state index is 14.1. The number of likely N-dealkylation sites (N-methyl/N-ethyl adjacent to an activating group) is 1. The zero-order chi connectivity index (χ0) is 22.3. The van der Waals surface area contributed by atoms with Crippen LogP contribution >= 0.6 is 0 Å². The van der Waals surface area contributed by atoms with Crippen LogP contribution in [0, 0.1) is 5.82 Å². The highest BCUT2D eigenvalue weighted by Crippen LogP contribution is 2.37. The number of benzene rings is 2. The van der Waals surface area contributed by atoms with E-state index in [1.165, 1.54) is 13.2 Å². The van der Waals surface area contributed by atoms with Crippen molar-refractivity contribution in [1.29, 1.82) is 0 Å². The van der Waals surface area contributed by atoms with E-state index < -0.39 is 32.5 Å². The van der Waals surface area contributed by atoms with Gasteiger partial charge in [-0.15, -0.1) is 0 Å². The molecule has 0 aliphatic heterocycles. The Balaban J connectivity index is 2.02. The Hall–Kier alpha value is -2.33. The molecular weight excluding hydrogens is 424 g/mol. The number of hydrogen-bond donors (Lipinski definition) is 1. The van der Waals surface area contributed by atoms with Crippen molar-refractivity contribution in [3.63, 3.8) is 0 Å². The van der Waals surface area contributed by atoms with Crippen LogP contribution in [0.1, 0.15) is 23.1 Å². The first-order chi connectivity index (χ1) is 13.9. The summed E-state index contributed by atoms with van der Waals surface area (Å²) in [6.45, 7) is 0. The fourth-order valence-electron chi connectivity index (χ4n) is 3.64. The van der Waals surface area contributed by atoms with E-state index in [-0.39, 0.29) is 11.7 Å². The zero-order valence-corrected chi connectivity index (χ0v) is 17.5. The van der Waals surface area contributed by atoms with Crippen molar-refractivity contribution >= 4 is 15.7 Å². The van der Waals surface area contributed by atoms with Crippen LogP contribution in [0.3, 0.4) is 0 Å². The second-order valence-corrected chi connectivity index (χ2v) is 9.03. The smallest absolute Gasteiger partial charge is 0.416 e. The van der Waals surface area contributed by atoms with Gasteiger partial charge in [-0.1, -0.05) is 0 Å². The highest BCUT2D eigenvalue weighted by molar-refractivity contribution is 7.92. The van der Waals surface area contributed by atoms with Gasteiger partial charge in [0.2, 0.25) is 0 Å². The summed E-state index contributed by atoms with van der Waals surface area (Å²) < 4.78 is 86.2. The first-order valence-electron chi connectivity index (χ1n) is 9.18. The Morgan fingerprint density at radius 3 is 2.43 bits per heavy atom. The summed E-state index contributed by atoms with van der Waals surface area (Å²) in [4.78, 5) is 1.01. The average Bonchev–Trinajstić information content (AvgIpc) is 2.66. The predicted octanol–water partition coefficient (Wildman–Crippen LogP) is 4.07. The van der Waals surface area contributed by atoms with Gasteiger partial charge in [0.05, 0.1) is 18.4 Å². The maximum absolute atomic E-state index is 14.1. The molecule has 0 amide bonds. The number of methoxy groups -OCH3 is 1. The Bertz CT molecular complexity index is 1050. The van der Waals surface area contributed by atoms with E-state index in [1.54, 1.807) is 6.07 Å². The quantitative estimate of drug-likeness (QED) is 0.704. The molecule has 0 heterocycles. The molecule has 1 atom stereocenters. The van der Waals surface area contributed by atoms with Crippen molar-refractivity contribution in [2.24, 2.45) is 0 Å². The Kier molecular flexibility index (Phi) is 6.01. The van der Waals surface area contributed by atoms with Crippen molar-refractivity contribution in [3.05, 3.63) is 52.8 Å². The maximum Gasteiger partial charge on any atom is 0.416 e. The van der Waals surface area contributed by atoms with Crippen LogP contribution in [0.5, 0.6) is 5.75 Å². The minimum atomic E-state index is -4.79. The topological polar surface area (TPSA) is 58.6 Å². The fraction of sp³-hybridized carbons (Fsp3) is 0.400. The van der Waals surface area contributed by atoms with Gasteiger partial charge in [-0.2, -0.15) is 13.2 Å². The van der Waals surface area contributed by atoms with Crippen molar-refractivity contribution in [3.8, 4) is 5.75 Å². The highest BCUT2D eigenvalue weighted by Gasteiger charge is 2.34. The lowest BCUT2D eigenvalue weighted by atomic mass is 9.86. The lowest BCUT2D eigenvalue weighted by molar-refractivity contribution is -0.137. The third kappa shape index (κ3) is 4.39. The molecule has 10 heteroatoms. The summed E-state index contributed by atoms with van der Waals surface area (Å²) in [5.41, 5.74) is 0.491. The van der Waals surface area contributed by atoms with Crippen molar-refractivity contribution < 1.29 is 30.7 Å². The molecule has 0 saturated heterocycles. The molecule has 5 nitrogen and oxygen atoms in total. The van der Waals surface area contributed by atoms with Crippen molar-refractivity contribution in [2.45, 2.75) is 36.4 Å². The molecule has 3 rings (SSSR count). The van der Waals surface area contributed by atoms with Gasteiger partial charge in [-0.05, 0) is 69.3 Å². The van der Waals surface area contributed by atoms with E-state index in [0.29, 0.717) is 42.4 Å². The monoisotopic (exact) mass is 446 g/mol. The minimum absolute atomic E-state index is 0.208. The molecule has 0 fully saturated rings. The number of ether oxygens (including phenoxy) is 1. The van der Waals surface area contributed by atoms with Crippen LogP contribution in [0.2, 0.25) is 0 Å². The number of alkyl halides is 3. The molecule has 1 aliphatic rings. The molecule has 0 spiro atoms. The highest BCUT2D eigenvalue weighted by atomic mass is 32.2. The first kappa shape index (κ1) is 22.4. The molecule has 0 unspecified atom stereocenters. The minimum Gasteiger partial charge on any atom is -0.496 e. The molecule has 0 saturated carbocycles.